The number of nitrogens with zero attached hydrogens (tertiary/aromatic N) is 1. The summed E-state index contributed by atoms with van der Waals surface area (Å²) in [4.78, 5) is 150. The lowest BCUT2D eigenvalue weighted by molar-refractivity contribution is -0.152. The van der Waals surface area contributed by atoms with Crippen LogP contribution in [0.4, 0.5) is 4.79 Å². The highest BCUT2D eigenvalue weighted by molar-refractivity contribution is 8.00. The van der Waals surface area contributed by atoms with Crippen LogP contribution in [0.3, 0.4) is 0 Å². The number of nitrogens with two attached hydrogens (primary N) is 1. The molecule has 9 amide bonds. The standard InChI is InChI=1S/C84H104N10O13SSi/c1-12-51(3)53(5)73(92-81(104)106-49-64-62-38-25-23-36-60(62)61-37-24-26-39-63(61)64)76(99)88-66(43-54-46-86-65-40-28-27-35-59(54)65)74(97)87-47-71(96)91-72(52(4)13-2)77(100)93-83(41-42-83)80(103)90-68(50-108-84(55-29-17-14-18-30-55,56-31-19-15-20-32-56)57-33-21-16-22-34-57)75(98)89-67(45-70(85)95)78(101)94-48-58(44-69(94)79(102)105-9)107-109(10,11)82(6,7)8/h14-40,46,51-53,58,64,66-69,72-73,86H,12-13,41-45,47-50H2,1-11H3,(H2,85,95)(H,87,97)(H,88,99)(H,89,98)(H,90,103)(H,91,96)(H,92,104)(H,93,100)/t51-,52-,53-,58+,66?,67-,68-,69-,72-,73-/m0/s1. The number of carbonyl (C=O) groups excluding carboxylic acids is 10. The van der Waals surface area contributed by atoms with Gasteiger partial charge in [-0.25, -0.2) is 9.59 Å². The highest BCUT2D eigenvalue weighted by Gasteiger charge is 2.54. The van der Waals surface area contributed by atoms with E-state index in [2.05, 4.69) is 76.1 Å². The second-order valence-electron chi connectivity index (χ2n) is 30.7. The number of carbonyl (C=O) groups is 10. The molecule has 109 heavy (non-hydrogen) atoms. The Morgan fingerprint density at radius 2 is 1.19 bits per heavy atom. The lowest BCUT2D eigenvalue weighted by Gasteiger charge is -2.38. The van der Waals surface area contributed by atoms with E-state index in [0.717, 1.165) is 49.8 Å². The van der Waals surface area contributed by atoms with Crippen LogP contribution in [0.2, 0.25) is 18.1 Å². The molecule has 10 rings (SSSR count). The molecule has 10 atom stereocenters. The molecule has 2 heterocycles. The fourth-order valence-corrected chi connectivity index (χ4v) is 17.3. The molecule has 0 bridgehead atoms. The molecule has 1 aromatic heterocycles. The number of amides is 9. The topological polar surface area (TPSA) is 328 Å². The molecule has 3 aliphatic rings. The maximum Gasteiger partial charge on any atom is 0.407 e. The predicted molar refractivity (Wildman–Crippen MR) is 423 cm³/mol. The predicted octanol–water partition coefficient (Wildman–Crippen LogP) is 9.82. The fourth-order valence-electron chi connectivity index (χ4n) is 14.4. The second-order valence-corrected chi connectivity index (χ2v) is 36.6. The smallest absolute Gasteiger partial charge is 0.407 e. The Balaban J connectivity index is 0.872. The number of fused-ring (bicyclic) bond motifs is 4. The summed E-state index contributed by atoms with van der Waals surface area (Å²) in [7, 11) is -1.27. The maximum atomic E-state index is 15.5. The van der Waals surface area contributed by atoms with Crippen LogP contribution in [0.1, 0.15) is 133 Å². The van der Waals surface area contributed by atoms with Crippen LogP contribution in [-0.2, 0) is 68.2 Å². The van der Waals surface area contributed by atoms with Gasteiger partial charge in [0.2, 0.25) is 47.3 Å². The Kier molecular flexibility index (Phi) is 26.5. The number of para-hydroxylation sites is 1. The van der Waals surface area contributed by atoms with Gasteiger partial charge >= 0.3 is 12.1 Å². The Hall–Kier alpha value is -10.1. The van der Waals surface area contributed by atoms with Gasteiger partial charge in [-0.3, -0.25) is 38.4 Å². The number of aromatic amines is 1. The van der Waals surface area contributed by atoms with Gasteiger partial charge in [0.25, 0.3) is 0 Å². The van der Waals surface area contributed by atoms with Gasteiger partial charge in [0.05, 0.1) is 30.9 Å². The van der Waals surface area contributed by atoms with E-state index in [1.807, 2.05) is 191 Å². The number of thioether (sulfide) groups is 1. The normalized spacial score (nSPS) is 17.4. The number of likely N-dealkylation sites (tertiary alicyclic amines) is 1. The van der Waals surface area contributed by atoms with Crippen molar-refractivity contribution in [3.05, 3.63) is 203 Å². The molecule has 1 aliphatic heterocycles. The summed E-state index contributed by atoms with van der Waals surface area (Å²) in [5.41, 5.74) is 12.4. The van der Waals surface area contributed by atoms with Gasteiger partial charge in [-0.1, -0.05) is 226 Å². The Morgan fingerprint density at radius 3 is 1.74 bits per heavy atom. The van der Waals surface area contributed by atoms with Gasteiger partial charge in [-0.05, 0) is 99.3 Å². The lowest BCUT2D eigenvalue weighted by atomic mass is 9.84. The van der Waals surface area contributed by atoms with E-state index in [1.54, 1.807) is 13.1 Å². The highest BCUT2D eigenvalue weighted by Crippen LogP contribution is 2.50. The van der Waals surface area contributed by atoms with E-state index in [1.165, 1.54) is 23.8 Å². The molecule has 25 heteroatoms. The monoisotopic (exact) mass is 1520 g/mol. The molecule has 2 aliphatic carbocycles. The minimum atomic E-state index is -2.47. The summed E-state index contributed by atoms with van der Waals surface area (Å²) in [6.45, 7) is 19.0. The Labute approximate surface area is 643 Å². The lowest BCUT2D eigenvalue weighted by Crippen LogP contribution is -2.61. The second kappa shape index (κ2) is 35.5. The van der Waals surface area contributed by atoms with Crippen LogP contribution in [0.15, 0.2) is 170 Å². The summed E-state index contributed by atoms with van der Waals surface area (Å²) >= 11 is 1.34. The minimum Gasteiger partial charge on any atom is -0.467 e. The highest BCUT2D eigenvalue weighted by atomic mass is 32.2. The molecule has 1 unspecified atom stereocenters. The van der Waals surface area contributed by atoms with Gasteiger partial charge in [-0.15, -0.1) is 11.8 Å². The van der Waals surface area contributed by atoms with Crippen LogP contribution in [-0.4, -0.2) is 158 Å². The number of alkyl carbamates (subject to hydrolysis) is 1. The Bertz CT molecular complexity index is 4280. The number of hydrogen-bond donors (Lipinski definition) is 9. The molecule has 0 spiro atoms. The third-order valence-corrected chi connectivity index (χ3v) is 28.6. The van der Waals surface area contributed by atoms with Gasteiger partial charge < -0.3 is 66.7 Å². The molecule has 1 saturated heterocycles. The summed E-state index contributed by atoms with van der Waals surface area (Å²) in [6.07, 6.45) is 0.997. The number of benzene rings is 6. The molecule has 10 N–H and O–H groups in total. The van der Waals surface area contributed by atoms with E-state index >= 15 is 14.4 Å². The van der Waals surface area contributed by atoms with Crippen molar-refractivity contribution in [2.24, 2.45) is 23.5 Å². The van der Waals surface area contributed by atoms with E-state index in [4.69, 9.17) is 19.6 Å². The zero-order valence-electron chi connectivity index (χ0n) is 64.0. The van der Waals surface area contributed by atoms with E-state index in [9.17, 15) is 33.6 Å². The quantitative estimate of drug-likeness (QED) is 0.0103. The van der Waals surface area contributed by atoms with E-state index in [-0.39, 0.29) is 61.5 Å². The third kappa shape index (κ3) is 19.0. The number of ether oxygens (including phenoxy) is 2. The van der Waals surface area contributed by atoms with Crippen LogP contribution in [0.25, 0.3) is 22.0 Å². The van der Waals surface area contributed by atoms with Crippen LogP contribution >= 0.6 is 11.8 Å². The zero-order valence-corrected chi connectivity index (χ0v) is 65.9. The number of primary amides is 1. The summed E-state index contributed by atoms with van der Waals surface area (Å²) in [5, 5.41) is 20.5. The van der Waals surface area contributed by atoms with Crippen molar-refractivity contribution in [2.75, 3.05) is 32.6 Å². The number of nitrogens with one attached hydrogen (secondary N) is 8. The van der Waals surface area contributed by atoms with E-state index < -0.39 is 145 Å². The zero-order chi connectivity index (χ0) is 78.5. The number of rotatable bonds is 34. The Morgan fingerprint density at radius 1 is 0.642 bits per heavy atom. The average molecular weight is 1520 g/mol. The average Bonchev–Trinajstić information content (AvgIpc) is 1.68. The molecular weight excluding hydrogens is 1420 g/mol. The third-order valence-electron chi connectivity index (χ3n) is 22.4. The van der Waals surface area contributed by atoms with Crippen molar-refractivity contribution in [1.82, 2.24) is 47.1 Å². The minimum absolute atomic E-state index is 0.00346. The number of hydrogen-bond acceptors (Lipinski definition) is 14. The molecule has 0 radical (unpaired) electrons. The molecule has 23 nitrogen and oxygen atoms in total. The molecule has 1 saturated carbocycles. The number of aromatic nitrogens is 1. The molecule has 6 aromatic carbocycles. The SMILES string of the molecule is CC[C@H](C)[C@H](C)[C@H](NC(=O)OCC1c2ccccc2-c2ccccc21)C(=O)NC(Cc1c[nH]c2ccccc12)C(=O)NCC(=O)N[C@H](C(=O)NC1(C(=O)N[C@@H](CSC(c2ccccc2)(c2ccccc2)c2ccccc2)C(=O)N[C@@H](CC(N)=O)C(=O)N2C[C@H](O[Si](C)(C)C(C)(C)C)C[C@H]2C(=O)OC)CC1)[C@@H](C)CC. The first-order valence-electron chi connectivity index (χ1n) is 37.7. The van der Waals surface area contributed by atoms with Gasteiger partial charge in [0.1, 0.15) is 48.4 Å². The van der Waals surface area contributed by atoms with Gasteiger partial charge in [-0.2, -0.15) is 0 Å². The summed E-state index contributed by atoms with van der Waals surface area (Å²) < 4.78 is 16.8. The van der Waals surface area contributed by atoms with Crippen molar-refractivity contribution in [3.8, 4) is 11.1 Å². The largest absolute Gasteiger partial charge is 0.467 e. The summed E-state index contributed by atoms with van der Waals surface area (Å²) in [5.74, 6) is -8.44. The van der Waals surface area contributed by atoms with Crippen molar-refractivity contribution in [1.29, 1.82) is 0 Å². The fraction of sp³-hybridized carbons (Fsp3) is 0.429. The molecular formula is C84H104N10O13SSi. The maximum absolute atomic E-state index is 15.5. The van der Waals surface area contributed by atoms with Crippen molar-refractivity contribution < 1.29 is 61.8 Å². The van der Waals surface area contributed by atoms with E-state index in [0.29, 0.717) is 18.4 Å². The molecule has 7 aromatic rings. The van der Waals surface area contributed by atoms with Crippen LogP contribution in [0, 0.1) is 17.8 Å². The van der Waals surface area contributed by atoms with Gasteiger partial charge in [0.15, 0.2) is 8.32 Å². The number of H-pyrrole nitrogens is 1. The summed E-state index contributed by atoms with van der Waals surface area (Å²) in [6, 6.07) is 44.3. The first-order chi connectivity index (χ1) is 52.0. The first-order valence-corrected chi connectivity index (χ1v) is 41.5. The number of esters is 1. The van der Waals surface area contributed by atoms with Crippen LogP contribution in [0.5, 0.6) is 0 Å². The van der Waals surface area contributed by atoms with Crippen molar-refractivity contribution >= 4 is 90.3 Å². The van der Waals surface area contributed by atoms with Crippen LogP contribution < -0.4 is 43.0 Å². The van der Waals surface area contributed by atoms with Gasteiger partial charge in [0, 0.05) is 48.2 Å². The first kappa shape index (κ1) is 81.4. The van der Waals surface area contributed by atoms with Crippen molar-refractivity contribution in [2.45, 2.75) is 177 Å². The molecule has 578 valence electrons. The van der Waals surface area contributed by atoms with Crippen molar-refractivity contribution in [3.63, 3.8) is 0 Å². The number of methoxy groups -OCH3 is 1. The molecule has 2 fully saturated rings.